The Kier molecular flexibility index (Phi) is 6.88. The van der Waals surface area contributed by atoms with E-state index in [1.54, 1.807) is 6.20 Å². The van der Waals surface area contributed by atoms with Crippen LogP contribution >= 0.6 is 0 Å². The predicted molar refractivity (Wildman–Crippen MR) is 88.8 cm³/mol. The summed E-state index contributed by atoms with van der Waals surface area (Å²) in [5.41, 5.74) is 0.934. The minimum atomic E-state index is -0.0740. The number of hydrogen-bond acceptors (Lipinski definition) is 3. The Balaban J connectivity index is 1.69. The highest BCUT2D eigenvalue weighted by Crippen LogP contribution is 2.33. The van der Waals surface area contributed by atoms with Crippen molar-refractivity contribution in [2.45, 2.75) is 71.6 Å². The highest BCUT2D eigenvalue weighted by molar-refractivity contribution is 5.75. The lowest BCUT2D eigenvalue weighted by molar-refractivity contribution is -0.140. The van der Waals surface area contributed by atoms with Crippen molar-refractivity contribution in [1.82, 2.24) is 4.98 Å². The molecule has 1 fully saturated rings. The second-order valence-electron chi connectivity index (χ2n) is 6.62. The molecule has 0 atom stereocenters. The summed E-state index contributed by atoms with van der Waals surface area (Å²) in [5.74, 6) is 1.39. The van der Waals surface area contributed by atoms with Gasteiger partial charge in [-0.25, -0.2) is 0 Å². The summed E-state index contributed by atoms with van der Waals surface area (Å²) >= 11 is 0. The quantitative estimate of drug-likeness (QED) is 0.521. The SMILES string of the molecule is CCCCCCC1CCC(C(=O)Oc2ccc(C)nc2)CC1. The van der Waals surface area contributed by atoms with Crippen LogP contribution in [-0.4, -0.2) is 11.0 Å². The van der Waals surface area contributed by atoms with E-state index in [0.29, 0.717) is 5.75 Å². The molecule has 1 aliphatic rings. The van der Waals surface area contributed by atoms with Crippen LogP contribution in [0.2, 0.25) is 0 Å². The second kappa shape index (κ2) is 8.92. The van der Waals surface area contributed by atoms with E-state index in [0.717, 1.165) is 24.5 Å². The van der Waals surface area contributed by atoms with Gasteiger partial charge in [-0.05, 0) is 50.7 Å². The van der Waals surface area contributed by atoms with Crippen LogP contribution in [0, 0.1) is 18.8 Å². The number of hydrogen-bond donors (Lipinski definition) is 0. The first-order valence-electron chi connectivity index (χ1n) is 8.83. The molecule has 0 unspecified atom stereocenters. The van der Waals surface area contributed by atoms with Gasteiger partial charge in [0.1, 0.15) is 5.75 Å². The number of carbonyl (C=O) groups excluding carboxylic acids is 1. The minimum absolute atomic E-state index is 0.0740. The van der Waals surface area contributed by atoms with E-state index in [2.05, 4.69) is 11.9 Å². The Hall–Kier alpha value is -1.38. The van der Waals surface area contributed by atoms with E-state index < -0.39 is 0 Å². The molecule has 22 heavy (non-hydrogen) atoms. The fraction of sp³-hybridized carbons (Fsp3) is 0.684. The summed E-state index contributed by atoms with van der Waals surface area (Å²) in [6.45, 7) is 4.17. The van der Waals surface area contributed by atoms with Crippen molar-refractivity contribution in [3.8, 4) is 5.75 Å². The van der Waals surface area contributed by atoms with Crippen LogP contribution in [0.3, 0.4) is 0 Å². The number of esters is 1. The Labute approximate surface area is 134 Å². The predicted octanol–water partition coefficient (Wildman–Crippen LogP) is 5.07. The summed E-state index contributed by atoms with van der Waals surface area (Å²) in [6, 6.07) is 3.69. The van der Waals surface area contributed by atoms with Gasteiger partial charge in [-0.3, -0.25) is 9.78 Å². The van der Waals surface area contributed by atoms with Gasteiger partial charge in [0.15, 0.2) is 0 Å². The highest BCUT2D eigenvalue weighted by atomic mass is 16.5. The maximum atomic E-state index is 12.2. The van der Waals surface area contributed by atoms with E-state index >= 15 is 0 Å². The molecule has 0 saturated heterocycles. The van der Waals surface area contributed by atoms with Gasteiger partial charge in [-0.2, -0.15) is 0 Å². The van der Waals surface area contributed by atoms with Gasteiger partial charge in [0.2, 0.25) is 0 Å². The molecule has 1 heterocycles. The molecule has 122 valence electrons. The summed E-state index contributed by atoms with van der Waals surface area (Å²) < 4.78 is 5.46. The zero-order valence-electron chi connectivity index (χ0n) is 14.0. The molecule has 1 saturated carbocycles. The standard InChI is InChI=1S/C19H29NO2/c1-3-4-5-6-7-16-9-11-17(12-10-16)19(21)22-18-13-8-15(2)20-14-18/h8,13-14,16-17H,3-7,9-12H2,1-2H3. The van der Waals surface area contributed by atoms with Crippen LogP contribution in [0.15, 0.2) is 18.3 Å². The fourth-order valence-electron chi connectivity index (χ4n) is 3.26. The van der Waals surface area contributed by atoms with Gasteiger partial charge in [0.05, 0.1) is 12.1 Å². The van der Waals surface area contributed by atoms with Crippen LogP contribution in [0.5, 0.6) is 5.75 Å². The summed E-state index contributed by atoms with van der Waals surface area (Å²) in [7, 11) is 0. The number of aryl methyl sites for hydroxylation is 1. The average Bonchev–Trinajstić information content (AvgIpc) is 2.54. The van der Waals surface area contributed by atoms with Gasteiger partial charge in [-0.15, -0.1) is 0 Å². The number of ether oxygens (including phenoxy) is 1. The van der Waals surface area contributed by atoms with Crippen molar-refractivity contribution in [2.24, 2.45) is 11.8 Å². The normalized spacial score (nSPS) is 21.5. The van der Waals surface area contributed by atoms with E-state index in [-0.39, 0.29) is 11.9 Å². The Morgan fingerprint density at radius 2 is 1.95 bits per heavy atom. The van der Waals surface area contributed by atoms with Crippen LogP contribution in [0.25, 0.3) is 0 Å². The van der Waals surface area contributed by atoms with Crippen LogP contribution in [-0.2, 0) is 4.79 Å². The van der Waals surface area contributed by atoms with E-state index in [1.807, 2.05) is 19.1 Å². The number of aromatic nitrogens is 1. The third-order valence-electron chi connectivity index (χ3n) is 4.75. The largest absolute Gasteiger partial charge is 0.425 e. The lowest BCUT2D eigenvalue weighted by Gasteiger charge is -2.27. The number of rotatable bonds is 7. The van der Waals surface area contributed by atoms with E-state index in [9.17, 15) is 4.79 Å². The Bertz CT molecular complexity index is 447. The molecular weight excluding hydrogens is 274 g/mol. The van der Waals surface area contributed by atoms with Gasteiger partial charge < -0.3 is 4.74 Å². The topological polar surface area (TPSA) is 39.2 Å². The molecule has 1 aliphatic carbocycles. The number of unbranched alkanes of at least 4 members (excludes halogenated alkanes) is 3. The van der Waals surface area contributed by atoms with Crippen molar-refractivity contribution in [1.29, 1.82) is 0 Å². The average molecular weight is 303 g/mol. The Morgan fingerprint density at radius 1 is 1.18 bits per heavy atom. The second-order valence-corrected chi connectivity index (χ2v) is 6.62. The Morgan fingerprint density at radius 3 is 2.59 bits per heavy atom. The lowest BCUT2D eigenvalue weighted by atomic mass is 9.80. The zero-order valence-corrected chi connectivity index (χ0v) is 14.0. The maximum Gasteiger partial charge on any atom is 0.314 e. The highest BCUT2D eigenvalue weighted by Gasteiger charge is 2.27. The molecule has 0 N–H and O–H groups in total. The fourth-order valence-corrected chi connectivity index (χ4v) is 3.26. The first-order chi connectivity index (χ1) is 10.7. The molecule has 0 aromatic carbocycles. The smallest absolute Gasteiger partial charge is 0.314 e. The van der Waals surface area contributed by atoms with Crippen molar-refractivity contribution in [3.05, 3.63) is 24.0 Å². The molecule has 0 radical (unpaired) electrons. The molecule has 0 aliphatic heterocycles. The van der Waals surface area contributed by atoms with Crippen molar-refractivity contribution in [3.63, 3.8) is 0 Å². The molecule has 0 spiro atoms. The lowest BCUT2D eigenvalue weighted by Crippen LogP contribution is -2.25. The van der Waals surface area contributed by atoms with Crippen molar-refractivity contribution in [2.75, 3.05) is 0 Å². The third-order valence-corrected chi connectivity index (χ3v) is 4.75. The summed E-state index contributed by atoms with van der Waals surface area (Å²) in [4.78, 5) is 16.4. The van der Waals surface area contributed by atoms with E-state index in [1.165, 1.54) is 44.9 Å². The zero-order chi connectivity index (χ0) is 15.8. The maximum absolute atomic E-state index is 12.2. The van der Waals surface area contributed by atoms with Gasteiger partial charge >= 0.3 is 5.97 Å². The first kappa shape index (κ1) is 17.0. The third kappa shape index (κ3) is 5.43. The van der Waals surface area contributed by atoms with Crippen molar-refractivity contribution < 1.29 is 9.53 Å². The molecule has 0 amide bonds. The molecule has 3 heteroatoms. The van der Waals surface area contributed by atoms with E-state index in [4.69, 9.17) is 4.74 Å². The van der Waals surface area contributed by atoms with Gasteiger partial charge in [-0.1, -0.05) is 39.0 Å². The molecular formula is C19H29NO2. The summed E-state index contributed by atoms with van der Waals surface area (Å²) in [6.07, 6.45) is 12.7. The molecule has 2 rings (SSSR count). The van der Waals surface area contributed by atoms with Crippen LogP contribution in [0.4, 0.5) is 0 Å². The first-order valence-corrected chi connectivity index (χ1v) is 8.83. The van der Waals surface area contributed by atoms with Gasteiger partial charge in [0.25, 0.3) is 0 Å². The number of nitrogens with zero attached hydrogens (tertiary/aromatic N) is 1. The number of carbonyl (C=O) groups is 1. The van der Waals surface area contributed by atoms with Crippen molar-refractivity contribution >= 4 is 5.97 Å². The molecule has 1 aromatic rings. The van der Waals surface area contributed by atoms with Gasteiger partial charge in [0, 0.05) is 5.69 Å². The monoisotopic (exact) mass is 303 g/mol. The number of pyridine rings is 1. The molecule has 0 bridgehead atoms. The van der Waals surface area contributed by atoms with Crippen LogP contribution in [0.1, 0.15) is 70.4 Å². The van der Waals surface area contributed by atoms with Crippen LogP contribution < -0.4 is 4.74 Å². The molecule has 1 aromatic heterocycles. The summed E-state index contributed by atoms with van der Waals surface area (Å²) in [5, 5.41) is 0. The molecule has 3 nitrogen and oxygen atoms in total. The minimum Gasteiger partial charge on any atom is -0.425 e.